The van der Waals surface area contributed by atoms with Crippen LogP contribution in [0.4, 0.5) is 0 Å². The number of hydrogen-bond donors (Lipinski definition) is 0. The van der Waals surface area contributed by atoms with E-state index in [1.165, 1.54) is 0 Å². The highest BCUT2D eigenvalue weighted by Gasteiger charge is 2.38. The van der Waals surface area contributed by atoms with Gasteiger partial charge in [-0.1, -0.05) is 6.42 Å². The maximum absolute atomic E-state index is 12.6. The molecule has 2 atom stereocenters. The second-order valence-electron chi connectivity index (χ2n) is 5.00. The molecule has 2 aliphatic heterocycles. The van der Waals surface area contributed by atoms with Gasteiger partial charge in [0.1, 0.15) is 0 Å². The molecule has 2 saturated heterocycles. The van der Waals surface area contributed by atoms with E-state index in [1.807, 2.05) is 6.92 Å². The summed E-state index contributed by atoms with van der Waals surface area (Å²) in [5, 5.41) is 0. The maximum atomic E-state index is 12.6. The normalized spacial score (nSPS) is 32.6. The largest absolute Gasteiger partial charge is 0.374 e. The van der Waals surface area contributed by atoms with Crippen LogP contribution in [0.2, 0.25) is 0 Å². The van der Waals surface area contributed by atoms with Gasteiger partial charge < -0.3 is 4.74 Å². The molecule has 0 spiro atoms. The van der Waals surface area contributed by atoms with Crippen molar-refractivity contribution in [3.63, 3.8) is 0 Å². The quantitative estimate of drug-likeness (QED) is 0.731. The standard InChI is InChI=1S/C11H21ClN2O3S/c1-10-9-17-11(7-12)8-14(10)18(15,16)13-5-3-2-4-6-13/h10-11H,2-9H2,1H3. The third-order valence-electron chi connectivity index (χ3n) is 3.56. The highest BCUT2D eigenvalue weighted by Crippen LogP contribution is 2.22. The Hall–Kier alpha value is 0.120. The monoisotopic (exact) mass is 296 g/mol. The molecule has 0 aromatic rings. The number of piperidine rings is 1. The number of morpholine rings is 1. The maximum Gasteiger partial charge on any atom is 0.282 e. The minimum atomic E-state index is -3.35. The number of rotatable bonds is 3. The molecular weight excluding hydrogens is 276 g/mol. The van der Waals surface area contributed by atoms with E-state index in [1.54, 1.807) is 8.61 Å². The van der Waals surface area contributed by atoms with Gasteiger partial charge in [-0.05, 0) is 19.8 Å². The average Bonchev–Trinajstić information content (AvgIpc) is 2.40. The molecule has 2 fully saturated rings. The summed E-state index contributed by atoms with van der Waals surface area (Å²) in [6, 6.07) is -0.114. The molecule has 2 rings (SSSR count). The van der Waals surface area contributed by atoms with E-state index in [0.717, 1.165) is 19.3 Å². The van der Waals surface area contributed by atoms with Crippen LogP contribution in [0, 0.1) is 0 Å². The lowest BCUT2D eigenvalue weighted by Crippen LogP contribution is -2.56. The van der Waals surface area contributed by atoms with Crippen molar-refractivity contribution in [2.24, 2.45) is 0 Å². The third-order valence-corrected chi connectivity index (χ3v) is 6.02. The molecule has 0 bridgehead atoms. The Morgan fingerprint density at radius 3 is 2.56 bits per heavy atom. The Morgan fingerprint density at radius 2 is 1.94 bits per heavy atom. The van der Waals surface area contributed by atoms with Crippen LogP contribution in [0.1, 0.15) is 26.2 Å². The molecule has 2 heterocycles. The van der Waals surface area contributed by atoms with Crippen molar-refractivity contribution < 1.29 is 13.2 Å². The summed E-state index contributed by atoms with van der Waals surface area (Å²) in [6.07, 6.45) is 2.84. The summed E-state index contributed by atoms with van der Waals surface area (Å²) >= 11 is 5.77. The van der Waals surface area contributed by atoms with Crippen LogP contribution in [0.15, 0.2) is 0 Å². The van der Waals surface area contributed by atoms with Crippen LogP contribution in [-0.4, -0.2) is 61.3 Å². The first-order valence-electron chi connectivity index (χ1n) is 6.50. The molecule has 0 saturated carbocycles. The molecule has 2 aliphatic rings. The lowest BCUT2D eigenvalue weighted by Gasteiger charge is -2.40. The minimum absolute atomic E-state index is 0.114. The van der Waals surface area contributed by atoms with Gasteiger partial charge in [0.05, 0.1) is 12.7 Å². The molecular formula is C11H21ClN2O3S. The summed E-state index contributed by atoms with van der Waals surface area (Å²) < 4.78 is 33.8. The smallest absolute Gasteiger partial charge is 0.282 e. The van der Waals surface area contributed by atoms with E-state index in [2.05, 4.69) is 0 Å². The Balaban J connectivity index is 2.11. The molecule has 5 nitrogen and oxygen atoms in total. The van der Waals surface area contributed by atoms with Crippen LogP contribution >= 0.6 is 11.6 Å². The first kappa shape index (κ1) is 14.5. The molecule has 0 aromatic carbocycles. The lowest BCUT2D eigenvalue weighted by molar-refractivity contribution is -0.0174. The molecule has 0 N–H and O–H groups in total. The van der Waals surface area contributed by atoms with E-state index < -0.39 is 10.2 Å². The number of ether oxygens (including phenoxy) is 1. The SMILES string of the molecule is CC1COC(CCl)CN1S(=O)(=O)N1CCCCC1. The zero-order chi connectivity index (χ0) is 13.2. The molecule has 0 radical (unpaired) electrons. The van der Waals surface area contributed by atoms with Crippen molar-refractivity contribution in [1.29, 1.82) is 0 Å². The molecule has 106 valence electrons. The van der Waals surface area contributed by atoms with Crippen LogP contribution in [-0.2, 0) is 14.9 Å². The van der Waals surface area contributed by atoms with Crippen LogP contribution in [0.3, 0.4) is 0 Å². The summed E-state index contributed by atoms with van der Waals surface area (Å²) in [5.41, 5.74) is 0. The summed E-state index contributed by atoms with van der Waals surface area (Å²) in [4.78, 5) is 0. The van der Waals surface area contributed by atoms with Crippen molar-refractivity contribution in [2.75, 3.05) is 32.1 Å². The number of hydrogen-bond acceptors (Lipinski definition) is 3. The van der Waals surface area contributed by atoms with E-state index in [0.29, 0.717) is 32.1 Å². The highest BCUT2D eigenvalue weighted by molar-refractivity contribution is 7.86. The topological polar surface area (TPSA) is 49.9 Å². The predicted octanol–water partition coefficient (Wildman–Crippen LogP) is 1.05. The highest BCUT2D eigenvalue weighted by atomic mass is 35.5. The molecule has 18 heavy (non-hydrogen) atoms. The fourth-order valence-electron chi connectivity index (χ4n) is 2.45. The Bertz CT molecular complexity index is 370. The van der Waals surface area contributed by atoms with Crippen LogP contribution in [0.25, 0.3) is 0 Å². The summed E-state index contributed by atoms with van der Waals surface area (Å²) in [7, 11) is -3.35. The van der Waals surface area contributed by atoms with E-state index >= 15 is 0 Å². The van der Waals surface area contributed by atoms with E-state index in [4.69, 9.17) is 16.3 Å². The first-order chi connectivity index (χ1) is 8.55. The van der Waals surface area contributed by atoms with Gasteiger partial charge in [-0.25, -0.2) is 0 Å². The fourth-order valence-corrected chi connectivity index (χ4v) is 4.52. The van der Waals surface area contributed by atoms with Gasteiger partial charge >= 0.3 is 0 Å². The minimum Gasteiger partial charge on any atom is -0.374 e. The van der Waals surface area contributed by atoms with Crippen molar-refractivity contribution in [3.05, 3.63) is 0 Å². The molecule has 0 aliphatic carbocycles. The predicted molar refractivity (Wildman–Crippen MR) is 71.0 cm³/mol. The third kappa shape index (κ3) is 2.99. The van der Waals surface area contributed by atoms with Crippen molar-refractivity contribution in [3.8, 4) is 0 Å². The van der Waals surface area contributed by atoms with E-state index in [9.17, 15) is 8.42 Å². The second-order valence-corrected chi connectivity index (χ2v) is 7.19. The zero-order valence-electron chi connectivity index (χ0n) is 10.7. The van der Waals surface area contributed by atoms with Gasteiger partial charge in [0.15, 0.2) is 0 Å². The Kier molecular flexibility index (Phi) is 4.88. The van der Waals surface area contributed by atoms with E-state index in [-0.39, 0.29) is 12.1 Å². The van der Waals surface area contributed by atoms with Gasteiger partial charge in [-0.2, -0.15) is 17.0 Å². The zero-order valence-corrected chi connectivity index (χ0v) is 12.3. The fraction of sp³-hybridized carbons (Fsp3) is 1.00. The van der Waals surface area contributed by atoms with Crippen LogP contribution < -0.4 is 0 Å². The molecule has 7 heteroatoms. The molecule has 2 unspecified atom stereocenters. The average molecular weight is 297 g/mol. The van der Waals surface area contributed by atoms with Gasteiger partial charge in [-0.3, -0.25) is 0 Å². The summed E-state index contributed by atoms with van der Waals surface area (Å²) in [6.45, 7) is 3.94. The van der Waals surface area contributed by atoms with Gasteiger partial charge in [-0.15, -0.1) is 11.6 Å². The van der Waals surface area contributed by atoms with Gasteiger partial charge in [0.2, 0.25) is 0 Å². The van der Waals surface area contributed by atoms with Gasteiger partial charge in [0, 0.05) is 31.6 Å². The number of halogens is 1. The van der Waals surface area contributed by atoms with Crippen molar-refractivity contribution in [2.45, 2.75) is 38.3 Å². The molecule has 0 amide bonds. The van der Waals surface area contributed by atoms with Gasteiger partial charge in [0.25, 0.3) is 10.2 Å². The summed E-state index contributed by atoms with van der Waals surface area (Å²) in [5.74, 6) is 0.332. The molecule has 0 aromatic heterocycles. The van der Waals surface area contributed by atoms with Crippen LogP contribution in [0.5, 0.6) is 0 Å². The number of nitrogens with zero attached hydrogens (tertiary/aromatic N) is 2. The lowest BCUT2D eigenvalue weighted by atomic mass is 10.2. The second kappa shape index (κ2) is 6.05. The Morgan fingerprint density at radius 1 is 1.28 bits per heavy atom. The first-order valence-corrected chi connectivity index (χ1v) is 8.43. The Labute approximate surface area is 114 Å². The van der Waals surface area contributed by atoms with Crippen molar-refractivity contribution in [1.82, 2.24) is 8.61 Å². The van der Waals surface area contributed by atoms with Crippen molar-refractivity contribution >= 4 is 21.8 Å². The number of alkyl halides is 1.